The number of hydrogen-bond donors (Lipinski definition) is 0. The fourth-order valence-electron chi connectivity index (χ4n) is 2.10. The van der Waals surface area contributed by atoms with E-state index in [1.54, 1.807) is 6.07 Å². The standard InChI is InChI=1S/C15H11ClN2O2S/c16-13-7-6-11(21-13)8-12-14(19)18(15(20)17-12)9-10-4-2-1-3-5-10/h1-7H,8-9H2. The third-order valence-corrected chi connectivity index (χ3v) is 4.34. The van der Waals surface area contributed by atoms with Gasteiger partial charge in [-0.3, -0.25) is 9.69 Å². The Balaban J connectivity index is 1.73. The van der Waals surface area contributed by atoms with E-state index in [9.17, 15) is 9.59 Å². The number of rotatable bonds is 4. The summed E-state index contributed by atoms with van der Waals surface area (Å²) in [6, 6.07) is 12.5. The Kier molecular flexibility index (Phi) is 3.86. The van der Waals surface area contributed by atoms with Gasteiger partial charge in [0.2, 0.25) is 0 Å². The number of carbonyl (C=O) groups is 2. The molecule has 2 aromatic rings. The maximum atomic E-state index is 12.3. The smallest absolute Gasteiger partial charge is 0.267 e. The van der Waals surface area contributed by atoms with Crippen LogP contribution in [0, 0.1) is 0 Å². The van der Waals surface area contributed by atoms with Gasteiger partial charge in [-0.05, 0) is 17.7 Å². The van der Waals surface area contributed by atoms with Gasteiger partial charge in [0, 0.05) is 11.3 Å². The Morgan fingerprint density at radius 2 is 1.86 bits per heavy atom. The van der Waals surface area contributed by atoms with E-state index in [1.807, 2.05) is 36.4 Å². The van der Waals surface area contributed by atoms with Crippen LogP contribution in [0.1, 0.15) is 10.4 Å². The number of urea groups is 1. The molecule has 3 amide bonds. The molecule has 6 heteroatoms. The van der Waals surface area contributed by atoms with Gasteiger partial charge in [0.1, 0.15) is 5.71 Å². The molecule has 106 valence electrons. The summed E-state index contributed by atoms with van der Waals surface area (Å²) in [7, 11) is 0. The molecule has 21 heavy (non-hydrogen) atoms. The number of thiophene rings is 1. The monoisotopic (exact) mass is 318 g/mol. The first-order valence-corrected chi connectivity index (χ1v) is 7.54. The third-order valence-electron chi connectivity index (χ3n) is 3.11. The second-order valence-electron chi connectivity index (χ2n) is 4.60. The summed E-state index contributed by atoms with van der Waals surface area (Å²) in [6.45, 7) is 0.247. The maximum absolute atomic E-state index is 12.3. The van der Waals surface area contributed by atoms with Gasteiger partial charge in [0.15, 0.2) is 0 Å². The topological polar surface area (TPSA) is 49.7 Å². The summed E-state index contributed by atoms with van der Waals surface area (Å²) >= 11 is 7.25. The molecule has 4 nitrogen and oxygen atoms in total. The Hall–Kier alpha value is -1.98. The summed E-state index contributed by atoms with van der Waals surface area (Å²) in [4.78, 5) is 30.1. The molecule has 1 aliphatic heterocycles. The van der Waals surface area contributed by atoms with Crippen molar-refractivity contribution < 1.29 is 9.59 Å². The summed E-state index contributed by atoms with van der Waals surface area (Å²) in [5, 5.41) is 0. The van der Waals surface area contributed by atoms with Crippen molar-refractivity contribution in [2.75, 3.05) is 0 Å². The molecule has 0 spiro atoms. The number of hydrogen-bond acceptors (Lipinski definition) is 3. The fraction of sp³-hybridized carbons (Fsp3) is 0.133. The van der Waals surface area contributed by atoms with E-state index in [0.717, 1.165) is 10.4 Å². The number of amides is 3. The Labute approximate surface area is 130 Å². The van der Waals surface area contributed by atoms with E-state index >= 15 is 0 Å². The number of carbonyl (C=O) groups excluding carboxylic acids is 2. The SMILES string of the molecule is O=C1N=C(Cc2ccc(Cl)s2)C(=O)N1Cc1ccccc1. The maximum Gasteiger partial charge on any atom is 0.351 e. The van der Waals surface area contributed by atoms with Crippen LogP contribution in [-0.4, -0.2) is 22.5 Å². The molecule has 0 bridgehead atoms. The lowest BCUT2D eigenvalue weighted by atomic mass is 10.2. The van der Waals surface area contributed by atoms with Crippen molar-refractivity contribution in [2.24, 2.45) is 4.99 Å². The van der Waals surface area contributed by atoms with Crippen LogP contribution in [0.25, 0.3) is 0 Å². The molecular formula is C15H11ClN2O2S. The van der Waals surface area contributed by atoms with Crippen molar-refractivity contribution in [3.8, 4) is 0 Å². The summed E-state index contributed by atoms with van der Waals surface area (Å²) in [5.41, 5.74) is 1.17. The molecule has 1 aromatic carbocycles. The third kappa shape index (κ3) is 3.04. The molecule has 0 radical (unpaired) electrons. The molecule has 0 saturated heterocycles. The molecule has 2 heterocycles. The molecule has 3 rings (SSSR count). The van der Waals surface area contributed by atoms with Crippen molar-refractivity contribution >= 4 is 40.6 Å². The molecular weight excluding hydrogens is 308 g/mol. The van der Waals surface area contributed by atoms with Gasteiger partial charge < -0.3 is 0 Å². The zero-order valence-electron chi connectivity index (χ0n) is 11.0. The lowest BCUT2D eigenvalue weighted by Crippen LogP contribution is -2.32. The van der Waals surface area contributed by atoms with Crippen LogP contribution in [-0.2, 0) is 17.8 Å². The predicted octanol–water partition coefficient (Wildman–Crippen LogP) is 3.55. The van der Waals surface area contributed by atoms with E-state index in [4.69, 9.17) is 11.6 Å². The van der Waals surface area contributed by atoms with Crippen molar-refractivity contribution in [3.63, 3.8) is 0 Å². The fourth-order valence-corrected chi connectivity index (χ4v) is 3.19. The van der Waals surface area contributed by atoms with E-state index in [1.165, 1.54) is 16.2 Å². The van der Waals surface area contributed by atoms with Crippen LogP contribution in [0.4, 0.5) is 4.79 Å². The number of aliphatic imine (C=N–C) groups is 1. The highest BCUT2D eigenvalue weighted by Crippen LogP contribution is 2.23. The van der Waals surface area contributed by atoms with Gasteiger partial charge in [-0.2, -0.15) is 4.99 Å². The van der Waals surface area contributed by atoms with Gasteiger partial charge in [-0.1, -0.05) is 41.9 Å². The first-order chi connectivity index (χ1) is 10.1. The largest absolute Gasteiger partial charge is 0.351 e. The second-order valence-corrected chi connectivity index (χ2v) is 6.40. The second kappa shape index (κ2) is 5.79. The minimum atomic E-state index is -0.499. The average Bonchev–Trinajstić information content (AvgIpc) is 2.99. The molecule has 1 aliphatic rings. The highest BCUT2D eigenvalue weighted by atomic mass is 35.5. The van der Waals surface area contributed by atoms with Crippen molar-refractivity contribution in [2.45, 2.75) is 13.0 Å². The Morgan fingerprint density at radius 3 is 2.52 bits per heavy atom. The first kappa shape index (κ1) is 14.0. The van der Waals surface area contributed by atoms with Crippen LogP contribution in [0.2, 0.25) is 4.34 Å². The molecule has 0 unspecified atom stereocenters. The summed E-state index contributed by atoms with van der Waals surface area (Å²) in [5.74, 6) is -0.326. The Bertz CT molecular complexity index is 724. The zero-order valence-corrected chi connectivity index (χ0v) is 12.5. The van der Waals surface area contributed by atoms with Crippen LogP contribution in [0.5, 0.6) is 0 Å². The molecule has 0 N–H and O–H groups in total. The van der Waals surface area contributed by atoms with E-state index < -0.39 is 6.03 Å². The first-order valence-electron chi connectivity index (χ1n) is 6.35. The molecule has 0 fully saturated rings. The van der Waals surface area contributed by atoms with E-state index in [-0.39, 0.29) is 18.2 Å². The minimum Gasteiger partial charge on any atom is -0.267 e. The Morgan fingerprint density at radius 1 is 1.10 bits per heavy atom. The number of nitrogens with zero attached hydrogens (tertiary/aromatic N) is 2. The predicted molar refractivity (Wildman–Crippen MR) is 82.9 cm³/mol. The normalized spacial score (nSPS) is 14.7. The van der Waals surface area contributed by atoms with Crippen LogP contribution >= 0.6 is 22.9 Å². The van der Waals surface area contributed by atoms with Gasteiger partial charge in [0.05, 0.1) is 10.9 Å². The van der Waals surface area contributed by atoms with Gasteiger partial charge in [0.25, 0.3) is 5.91 Å². The van der Waals surface area contributed by atoms with Crippen LogP contribution in [0.15, 0.2) is 47.5 Å². The van der Waals surface area contributed by atoms with Crippen LogP contribution in [0.3, 0.4) is 0 Å². The van der Waals surface area contributed by atoms with Gasteiger partial charge in [-0.15, -0.1) is 11.3 Å². The van der Waals surface area contributed by atoms with Gasteiger partial charge >= 0.3 is 6.03 Å². The molecule has 0 atom stereocenters. The van der Waals surface area contributed by atoms with E-state index in [0.29, 0.717) is 10.8 Å². The van der Waals surface area contributed by atoms with Crippen molar-refractivity contribution in [1.82, 2.24) is 4.90 Å². The average molecular weight is 319 g/mol. The highest BCUT2D eigenvalue weighted by Gasteiger charge is 2.33. The lowest BCUT2D eigenvalue weighted by molar-refractivity contribution is -0.121. The van der Waals surface area contributed by atoms with E-state index in [2.05, 4.69) is 4.99 Å². The van der Waals surface area contributed by atoms with Gasteiger partial charge in [-0.25, -0.2) is 4.79 Å². The number of imide groups is 1. The number of halogens is 1. The zero-order chi connectivity index (χ0) is 14.8. The van der Waals surface area contributed by atoms with Crippen molar-refractivity contribution in [1.29, 1.82) is 0 Å². The highest BCUT2D eigenvalue weighted by molar-refractivity contribution is 7.16. The summed E-state index contributed by atoms with van der Waals surface area (Å²) in [6.07, 6.45) is 0.341. The molecule has 0 saturated carbocycles. The quantitative estimate of drug-likeness (QED) is 0.865. The van der Waals surface area contributed by atoms with Crippen molar-refractivity contribution in [3.05, 3.63) is 57.2 Å². The number of benzene rings is 1. The molecule has 1 aromatic heterocycles. The van der Waals surface area contributed by atoms with Crippen LogP contribution < -0.4 is 0 Å². The summed E-state index contributed by atoms with van der Waals surface area (Å²) < 4.78 is 0.656. The lowest BCUT2D eigenvalue weighted by Gasteiger charge is -2.12. The molecule has 0 aliphatic carbocycles. The minimum absolute atomic E-state index is 0.247.